The standard InChI is InChI=1S/C18H18ClN5O2/c19-14-8-6-13(7-9-14)17-23-16(26-24-17)12-22-18(25)21-11-10-20-15-4-2-1-3-5-15/h1-9,20H,10-12H2,(H2,21,22,25). The molecular formula is C18H18ClN5O2. The van der Waals surface area contributed by atoms with Crippen LogP contribution in [0.25, 0.3) is 11.4 Å². The van der Waals surface area contributed by atoms with Gasteiger partial charge < -0.3 is 20.5 Å². The van der Waals surface area contributed by atoms with Gasteiger partial charge in [-0.3, -0.25) is 0 Å². The molecule has 0 aliphatic carbocycles. The minimum atomic E-state index is -0.300. The summed E-state index contributed by atoms with van der Waals surface area (Å²) in [6.07, 6.45) is 0. The molecule has 0 bridgehead atoms. The number of rotatable bonds is 7. The van der Waals surface area contributed by atoms with Crippen molar-refractivity contribution in [3.8, 4) is 11.4 Å². The van der Waals surface area contributed by atoms with Crippen molar-refractivity contribution >= 4 is 23.3 Å². The monoisotopic (exact) mass is 371 g/mol. The highest BCUT2D eigenvalue weighted by Crippen LogP contribution is 2.18. The lowest BCUT2D eigenvalue weighted by Gasteiger charge is -2.08. The van der Waals surface area contributed by atoms with E-state index in [4.69, 9.17) is 16.1 Å². The van der Waals surface area contributed by atoms with Gasteiger partial charge in [-0.05, 0) is 36.4 Å². The average Bonchev–Trinajstić information content (AvgIpc) is 3.14. The Morgan fingerprint density at radius 2 is 1.77 bits per heavy atom. The van der Waals surface area contributed by atoms with E-state index >= 15 is 0 Å². The van der Waals surface area contributed by atoms with Gasteiger partial charge in [-0.15, -0.1) is 0 Å². The van der Waals surface area contributed by atoms with Gasteiger partial charge in [0.15, 0.2) is 0 Å². The maximum absolute atomic E-state index is 11.8. The smallest absolute Gasteiger partial charge is 0.315 e. The molecule has 0 atom stereocenters. The van der Waals surface area contributed by atoms with E-state index in [-0.39, 0.29) is 12.6 Å². The summed E-state index contributed by atoms with van der Waals surface area (Å²) in [6, 6.07) is 16.6. The fourth-order valence-corrected chi connectivity index (χ4v) is 2.33. The molecule has 0 aliphatic rings. The first-order valence-electron chi connectivity index (χ1n) is 8.10. The van der Waals surface area contributed by atoms with Crippen molar-refractivity contribution in [1.29, 1.82) is 0 Å². The number of nitrogens with zero attached hydrogens (tertiary/aromatic N) is 2. The molecular weight excluding hydrogens is 354 g/mol. The molecule has 0 saturated heterocycles. The Balaban J connectivity index is 1.38. The highest BCUT2D eigenvalue weighted by Gasteiger charge is 2.09. The maximum atomic E-state index is 11.8. The summed E-state index contributed by atoms with van der Waals surface area (Å²) < 4.78 is 5.13. The third kappa shape index (κ3) is 5.22. The lowest BCUT2D eigenvalue weighted by Crippen LogP contribution is -2.37. The minimum Gasteiger partial charge on any atom is -0.383 e. The summed E-state index contributed by atoms with van der Waals surface area (Å²) in [5.41, 5.74) is 1.80. The number of amides is 2. The number of aromatic nitrogens is 2. The Bertz CT molecular complexity index is 836. The number of benzene rings is 2. The van der Waals surface area contributed by atoms with Gasteiger partial charge in [0.05, 0.1) is 6.54 Å². The molecule has 3 N–H and O–H groups in total. The third-order valence-corrected chi connectivity index (χ3v) is 3.74. The van der Waals surface area contributed by atoms with Gasteiger partial charge in [0.1, 0.15) is 0 Å². The molecule has 0 aliphatic heterocycles. The van der Waals surface area contributed by atoms with E-state index in [9.17, 15) is 4.79 Å². The van der Waals surface area contributed by atoms with Crippen molar-refractivity contribution < 1.29 is 9.32 Å². The highest BCUT2D eigenvalue weighted by atomic mass is 35.5. The lowest BCUT2D eigenvalue weighted by molar-refractivity contribution is 0.239. The average molecular weight is 372 g/mol. The van der Waals surface area contributed by atoms with E-state index in [0.29, 0.717) is 29.8 Å². The third-order valence-electron chi connectivity index (χ3n) is 3.48. The number of hydrogen-bond donors (Lipinski definition) is 3. The first-order chi connectivity index (χ1) is 12.7. The Kier molecular flexibility index (Phi) is 6.05. The number of nitrogens with one attached hydrogen (secondary N) is 3. The molecule has 8 heteroatoms. The van der Waals surface area contributed by atoms with Gasteiger partial charge in [-0.2, -0.15) is 4.98 Å². The van der Waals surface area contributed by atoms with Crippen LogP contribution in [0.1, 0.15) is 5.89 Å². The molecule has 3 rings (SSSR count). The van der Waals surface area contributed by atoms with Crippen LogP contribution in [0.5, 0.6) is 0 Å². The van der Waals surface area contributed by atoms with Crippen LogP contribution in [0.4, 0.5) is 10.5 Å². The Morgan fingerprint density at radius 3 is 2.54 bits per heavy atom. The van der Waals surface area contributed by atoms with Crippen LogP contribution in [0.3, 0.4) is 0 Å². The Hall–Kier alpha value is -3.06. The quantitative estimate of drug-likeness (QED) is 0.554. The summed E-state index contributed by atoms with van der Waals surface area (Å²) in [4.78, 5) is 16.0. The van der Waals surface area contributed by atoms with E-state index in [0.717, 1.165) is 11.3 Å². The summed E-state index contributed by atoms with van der Waals surface area (Å²) in [7, 11) is 0. The van der Waals surface area contributed by atoms with E-state index in [1.54, 1.807) is 24.3 Å². The molecule has 0 radical (unpaired) electrons. The zero-order valence-corrected chi connectivity index (χ0v) is 14.7. The SMILES string of the molecule is O=C(NCCNc1ccccc1)NCc1nc(-c2ccc(Cl)cc2)no1. The lowest BCUT2D eigenvalue weighted by atomic mass is 10.2. The molecule has 0 unspecified atom stereocenters. The number of halogens is 1. The number of carbonyl (C=O) groups is 1. The van der Waals surface area contributed by atoms with Crippen LogP contribution in [0.2, 0.25) is 5.02 Å². The summed E-state index contributed by atoms with van der Waals surface area (Å²) >= 11 is 5.85. The summed E-state index contributed by atoms with van der Waals surface area (Å²) in [5.74, 6) is 0.776. The topological polar surface area (TPSA) is 92.1 Å². The molecule has 0 spiro atoms. The number of urea groups is 1. The van der Waals surface area contributed by atoms with Gasteiger partial charge in [0, 0.05) is 29.4 Å². The minimum absolute atomic E-state index is 0.151. The number of para-hydroxylation sites is 1. The molecule has 26 heavy (non-hydrogen) atoms. The molecule has 2 amide bonds. The fourth-order valence-electron chi connectivity index (χ4n) is 2.20. The van der Waals surface area contributed by atoms with E-state index in [1.165, 1.54) is 0 Å². The zero-order chi connectivity index (χ0) is 18.2. The van der Waals surface area contributed by atoms with Crippen LogP contribution < -0.4 is 16.0 Å². The van der Waals surface area contributed by atoms with E-state index < -0.39 is 0 Å². The van der Waals surface area contributed by atoms with Crippen LogP contribution >= 0.6 is 11.6 Å². The normalized spacial score (nSPS) is 10.3. The van der Waals surface area contributed by atoms with Crippen LogP contribution in [0, 0.1) is 0 Å². The second kappa shape index (κ2) is 8.87. The van der Waals surface area contributed by atoms with Crippen molar-refractivity contribution in [3.63, 3.8) is 0 Å². The van der Waals surface area contributed by atoms with Gasteiger partial charge >= 0.3 is 6.03 Å². The van der Waals surface area contributed by atoms with Crippen molar-refractivity contribution in [2.24, 2.45) is 0 Å². The zero-order valence-electron chi connectivity index (χ0n) is 13.9. The second-order valence-electron chi connectivity index (χ2n) is 5.42. The molecule has 134 valence electrons. The summed E-state index contributed by atoms with van der Waals surface area (Å²) in [5, 5.41) is 13.2. The van der Waals surface area contributed by atoms with Gasteiger partial charge in [0.2, 0.25) is 11.7 Å². The molecule has 1 aromatic heterocycles. The molecule has 2 aromatic carbocycles. The Morgan fingerprint density at radius 1 is 1.00 bits per heavy atom. The van der Waals surface area contributed by atoms with E-state index in [1.807, 2.05) is 30.3 Å². The first-order valence-corrected chi connectivity index (χ1v) is 8.47. The van der Waals surface area contributed by atoms with Crippen LogP contribution in [-0.4, -0.2) is 29.3 Å². The first kappa shape index (κ1) is 17.8. The number of anilines is 1. The molecule has 0 saturated carbocycles. The highest BCUT2D eigenvalue weighted by molar-refractivity contribution is 6.30. The largest absolute Gasteiger partial charge is 0.383 e. The molecule has 1 heterocycles. The van der Waals surface area contributed by atoms with Crippen molar-refractivity contribution in [2.45, 2.75) is 6.54 Å². The predicted molar refractivity (Wildman–Crippen MR) is 99.9 cm³/mol. The van der Waals surface area contributed by atoms with Gasteiger partial charge in [-0.1, -0.05) is 35.0 Å². The van der Waals surface area contributed by atoms with Gasteiger partial charge in [-0.25, -0.2) is 4.79 Å². The van der Waals surface area contributed by atoms with Crippen molar-refractivity contribution in [1.82, 2.24) is 20.8 Å². The van der Waals surface area contributed by atoms with Crippen LogP contribution in [0.15, 0.2) is 59.1 Å². The predicted octanol–water partition coefficient (Wildman–Crippen LogP) is 3.30. The molecule has 0 fully saturated rings. The van der Waals surface area contributed by atoms with Gasteiger partial charge in [0.25, 0.3) is 0 Å². The maximum Gasteiger partial charge on any atom is 0.315 e. The fraction of sp³-hybridized carbons (Fsp3) is 0.167. The molecule has 7 nitrogen and oxygen atoms in total. The van der Waals surface area contributed by atoms with Crippen LogP contribution in [-0.2, 0) is 6.54 Å². The van der Waals surface area contributed by atoms with Crippen molar-refractivity contribution in [3.05, 3.63) is 65.5 Å². The number of carbonyl (C=O) groups excluding carboxylic acids is 1. The molecule has 3 aromatic rings. The number of hydrogen-bond acceptors (Lipinski definition) is 5. The second-order valence-corrected chi connectivity index (χ2v) is 5.86. The van der Waals surface area contributed by atoms with Crippen molar-refractivity contribution in [2.75, 3.05) is 18.4 Å². The Labute approximate surface area is 155 Å². The summed E-state index contributed by atoms with van der Waals surface area (Å²) in [6.45, 7) is 1.26. The van der Waals surface area contributed by atoms with E-state index in [2.05, 4.69) is 26.1 Å².